The van der Waals surface area contributed by atoms with Crippen LogP contribution < -0.4 is 0 Å². The molecule has 0 radical (unpaired) electrons. The summed E-state index contributed by atoms with van der Waals surface area (Å²) in [5, 5.41) is 11.6. The van der Waals surface area contributed by atoms with Gasteiger partial charge in [0.25, 0.3) is 0 Å². The summed E-state index contributed by atoms with van der Waals surface area (Å²) < 4.78 is 0. The predicted octanol–water partition coefficient (Wildman–Crippen LogP) is 2.52. The van der Waals surface area contributed by atoms with E-state index in [0.717, 1.165) is 19.4 Å². The van der Waals surface area contributed by atoms with Gasteiger partial charge < -0.3 is 5.11 Å². The standard InChI is InChI=1S/C14H21NO2/c1-11-10-14(16)8-9-15(11)17-12(2)13-6-4-3-5-7-13/h3-7,11-12,14,16H,8-10H2,1-2H3. The van der Waals surface area contributed by atoms with E-state index in [2.05, 4.69) is 26.0 Å². The minimum absolute atomic E-state index is 0.0638. The Hall–Kier alpha value is -0.900. The number of nitrogens with zero attached hydrogens (tertiary/aromatic N) is 1. The summed E-state index contributed by atoms with van der Waals surface area (Å²) in [6.45, 7) is 4.96. The molecule has 1 heterocycles. The molecule has 17 heavy (non-hydrogen) atoms. The van der Waals surface area contributed by atoms with Gasteiger partial charge in [0.15, 0.2) is 0 Å². The topological polar surface area (TPSA) is 32.7 Å². The van der Waals surface area contributed by atoms with Crippen molar-refractivity contribution < 1.29 is 9.94 Å². The van der Waals surface area contributed by atoms with E-state index in [-0.39, 0.29) is 18.2 Å². The lowest BCUT2D eigenvalue weighted by Gasteiger charge is -2.36. The maximum Gasteiger partial charge on any atom is 0.101 e. The summed E-state index contributed by atoms with van der Waals surface area (Å²) in [6, 6.07) is 10.5. The number of aliphatic hydroxyl groups is 1. The van der Waals surface area contributed by atoms with E-state index in [0.29, 0.717) is 0 Å². The fraction of sp³-hybridized carbons (Fsp3) is 0.571. The lowest BCUT2D eigenvalue weighted by Crippen LogP contribution is -2.42. The first-order chi connectivity index (χ1) is 8.16. The molecule has 0 amide bonds. The molecule has 0 spiro atoms. The third kappa shape index (κ3) is 3.28. The summed E-state index contributed by atoms with van der Waals surface area (Å²) in [7, 11) is 0. The summed E-state index contributed by atoms with van der Waals surface area (Å²) in [5.74, 6) is 0. The number of rotatable bonds is 3. The molecule has 0 bridgehead atoms. The minimum Gasteiger partial charge on any atom is -0.393 e. The summed E-state index contributed by atoms with van der Waals surface area (Å²) in [5.41, 5.74) is 1.19. The van der Waals surface area contributed by atoms with Crippen LogP contribution in [0, 0.1) is 0 Å². The zero-order chi connectivity index (χ0) is 12.3. The first kappa shape index (κ1) is 12.6. The number of aliphatic hydroxyl groups excluding tert-OH is 1. The highest BCUT2D eigenvalue weighted by Gasteiger charge is 2.26. The molecular weight excluding hydrogens is 214 g/mol. The van der Waals surface area contributed by atoms with E-state index >= 15 is 0 Å². The lowest BCUT2D eigenvalue weighted by molar-refractivity contribution is -0.234. The van der Waals surface area contributed by atoms with Crippen LogP contribution in [-0.2, 0) is 4.84 Å². The molecule has 1 aliphatic heterocycles. The van der Waals surface area contributed by atoms with Crippen LogP contribution in [0.4, 0.5) is 0 Å². The highest BCUT2D eigenvalue weighted by Crippen LogP contribution is 2.23. The van der Waals surface area contributed by atoms with Gasteiger partial charge in [0, 0.05) is 12.6 Å². The Morgan fingerprint density at radius 1 is 1.35 bits per heavy atom. The van der Waals surface area contributed by atoms with Gasteiger partial charge in [0.2, 0.25) is 0 Å². The Morgan fingerprint density at radius 2 is 2.06 bits per heavy atom. The van der Waals surface area contributed by atoms with Crippen LogP contribution in [0.25, 0.3) is 0 Å². The molecule has 3 atom stereocenters. The van der Waals surface area contributed by atoms with Crippen molar-refractivity contribution >= 4 is 0 Å². The van der Waals surface area contributed by atoms with Crippen LogP contribution in [0.15, 0.2) is 30.3 Å². The number of hydrogen-bond acceptors (Lipinski definition) is 3. The molecule has 1 fully saturated rings. The van der Waals surface area contributed by atoms with Crippen molar-refractivity contribution in [1.29, 1.82) is 0 Å². The fourth-order valence-corrected chi connectivity index (χ4v) is 2.27. The van der Waals surface area contributed by atoms with Gasteiger partial charge in [0.1, 0.15) is 6.10 Å². The lowest BCUT2D eigenvalue weighted by atomic mass is 10.0. The average molecular weight is 235 g/mol. The van der Waals surface area contributed by atoms with Crippen LogP contribution in [0.3, 0.4) is 0 Å². The van der Waals surface area contributed by atoms with Gasteiger partial charge in [-0.05, 0) is 32.3 Å². The Balaban J connectivity index is 1.93. The van der Waals surface area contributed by atoms with Gasteiger partial charge in [-0.1, -0.05) is 30.3 Å². The highest BCUT2D eigenvalue weighted by atomic mass is 16.7. The summed E-state index contributed by atoms with van der Waals surface area (Å²) >= 11 is 0. The molecule has 3 heteroatoms. The second-order valence-electron chi connectivity index (χ2n) is 4.83. The quantitative estimate of drug-likeness (QED) is 0.874. The van der Waals surface area contributed by atoms with Gasteiger partial charge in [0.05, 0.1) is 6.10 Å². The van der Waals surface area contributed by atoms with Crippen molar-refractivity contribution in [2.75, 3.05) is 6.54 Å². The fourth-order valence-electron chi connectivity index (χ4n) is 2.27. The molecule has 0 aliphatic carbocycles. The van der Waals surface area contributed by atoms with Crippen molar-refractivity contribution in [3.63, 3.8) is 0 Å². The van der Waals surface area contributed by atoms with Crippen LogP contribution in [0.2, 0.25) is 0 Å². The van der Waals surface area contributed by atoms with Crippen molar-refractivity contribution in [2.24, 2.45) is 0 Å². The third-order valence-corrected chi connectivity index (χ3v) is 3.35. The first-order valence-corrected chi connectivity index (χ1v) is 6.33. The van der Waals surface area contributed by atoms with E-state index in [4.69, 9.17) is 4.84 Å². The normalized spacial score (nSPS) is 27.9. The summed E-state index contributed by atoms with van der Waals surface area (Å²) in [4.78, 5) is 5.96. The Kier molecular flexibility index (Phi) is 4.15. The predicted molar refractivity (Wildman–Crippen MR) is 67.4 cm³/mol. The van der Waals surface area contributed by atoms with Gasteiger partial charge >= 0.3 is 0 Å². The molecule has 3 nitrogen and oxygen atoms in total. The SMILES string of the molecule is CC(ON1CCC(O)CC1C)c1ccccc1. The molecule has 0 saturated carbocycles. The number of hydrogen-bond donors (Lipinski definition) is 1. The zero-order valence-electron chi connectivity index (χ0n) is 10.5. The van der Waals surface area contributed by atoms with Gasteiger partial charge in [-0.2, -0.15) is 5.06 Å². The number of benzene rings is 1. The molecular formula is C14H21NO2. The molecule has 2 rings (SSSR count). The summed E-state index contributed by atoms with van der Waals surface area (Å²) in [6.07, 6.45) is 1.48. The van der Waals surface area contributed by atoms with Gasteiger partial charge in [-0.3, -0.25) is 4.84 Å². The molecule has 1 aliphatic rings. The van der Waals surface area contributed by atoms with Crippen LogP contribution in [-0.4, -0.2) is 28.9 Å². The molecule has 0 aromatic heterocycles. The number of piperidine rings is 1. The van der Waals surface area contributed by atoms with Crippen molar-refractivity contribution in [1.82, 2.24) is 5.06 Å². The minimum atomic E-state index is -0.170. The van der Waals surface area contributed by atoms with E-state index < -0.39 is 0 Å². The first-order valence-electron chi connectivity index (χ1n) is 6.33. The Labute approximate surface area is 103 Å². The second kappa shape index (κ2) is 5.63. The Morgan fingerprint density at radius 3 is 2.71 bits per heavy atom. The molecule has 1 aromatic carbocycles. The molecule has 1 saturated heterocycles. The third-order valence-electron chi connectivity index (χ3n) is 3.35. The zero-order valence-corrected chi connectivity index (χ0v) is 10.5. The van der Waals surface area contributed by atoms with Crippen molar-refractivity contribution in [2.45, 2.75) is 44.9 Å². The van der Waals surface area contributed by atoms with E-state index in [1.54, 1.807) is 0 Å². The average Bonchev–Trinajstić information content (AvgIpc) is 2.34. The molecule has 3 unspecified atom stereocenters. The van der Waals surface area contributed by atoms with Crippen LogP contribution in [0.5, 0.6) is 0 Å². The van der Waals surface area contributed by atoms with Gasteiger partial charge in [-0.15, -0.1) is 0 Å². The monoisotopic (exact) mass is 235 g/mol. The van der Waals surface area contributed by atoms with E-state index in [9.17, 15) is 5.11 Å². The largest absolute Gasteiger partial charge is 0.393 e. The molecule has 1 N–H and O–H groups in total. The van der Waals surface area contributed by atoms with Crippen LogP contribution in [0.1, 0.15) is 38.4 Å². The maximum absolute atomic E-state index is 9.57. The number of hydroxylamine groups is 2. The van der Waals surface area contributed by atoms with Gasteiger partial charge in [-0.25, -0.2) is 0 Å². The highest BCUT2D eigenvalue weighted by molar-refractivity contribution is 5.16. The molecule has 94 valence electrons. The van der Waals surface area contributed by atoms with E-state index in [1.165, 1.54) is 5.56 Å². The van der Waals surface area contributed by atoms with Crippen molar-refractivity contribution in [3.8, 4) is 0 Å². The Bertz CT molecular complexity index is 341. The second-order valence-corrected chi connectivity index (χ2v) is 4.83. The van der Waals surface area contributed by atoms with E-state index in [1.807, 2.05) is 23.3 Å². The molecule has 1 aromatic rings. The maximum atomic E-state index is 9.57. The van der Waals surface area contributed by atoms with Crippen LogP contribution >= 0.6 is 0 Å². The van der Waals surface area contributed by atoms with Crippen molar-refractivity contribution in [3.05, 3.63) is 35.9 Å². The smallest absolute Gasteiger partial charge is 0.101 e.